The van der Waals surface area contributed by atoms with Gasteiger partial charge in [-0.05, 0) is 97.1 Å². The van der Waals surface area contributed by atoms with Crippen LogP contribution in [0.25, 0.3) is 11.1 Å². The van der Waals surface area contributed by atoms with E-state index in [1.807, 2.05) is 31.2 Å². The van der Waals surface area contributed by atoms with Crippen molar-refractivity contribution in [3.05, 3.63) is 65.2 Å². The van der Waals surface area contributed by atoms with Gasteiger partial charge in [-0.15, -0.1) is 0 Å². The molecule has 7 rings (SSSR count). The molecule has 4 fully saturated rings. The Morgan fingerprint density at radius 3 is 1.98 bits per heavy atom. The third-order valence-corrected chi connectivity index (χ3v) is 15.1. The molecule has 0 radical (unpaired) electrons. The van der Waals surface area contributed by atoms with Crippen molar-refractivity contribution in [2.24, 2.45) is 28.1 Å². The molecule has 0 bridgehead atoms. The third kappa shape index (κ3) is 5.44. The van der Waals surface area contributed by atoms with Crippen LogP contribution in [0.15, 0.2) is 64.6 Å². The highest BCUT2D eigenvalue weighted by molar-refractivity contribution is 7.90. The van der Waals surface area contributed by atoms with Gasteiger partial charge in [0.1, 0.15) is 0 Å². The fourth-order valence-corrected chi connectivity index (χ4v) is 11.3. The number of halogens is 4. The Bertz CT molecular complexity index is 1790. The molecule has 3 saturated carbocycles. The van der Waals surface area contributed by atoms with Gasteiger partial charge >= 0.3 is 6.18 Å². The van der Waals surface area contributed by atoms with Gasteiger partial charge in [-0.25, -0.2) is 12.8 Å². The van der Waals surface area contributed by atoms with Crippen LogP contribution in [0, 0.1) is 28.1 Å². The molecule has 274 valence electrons. The molecule has 1 saturated heterocycles. The minimum Gasteiger partial charge on any atom is -0.385 e. The zero-order chi connectivity index (χ0) is 36.3. The van der Waals surface area contributed by atoms with Gasteiger partial charge in [-0.3, -0.25) is 0 Å². The maximum atomic E-state index is 16.3. The van der Waals surface area contributed by atoms with Gasteiger partial charge in [0, 0.05) is 35.8 Å². The average Bonchev–Trinajstić information content (AvgIpc) is 3.32. The van der Waals surface area contributed by atoms with Crippen LogP contribution >= 0.6 is 0 Å². The number of hydrogen-bond donors (Lipinski definition) is 1. The van der Waals surface area contributed by atoms with Gasteiger partial charge in [-0.2, -0.15) is 13.2 Å². The molecule has 10 heteroatoms. The molecular formula is C40H50F4O5S. The molecule has 1 spiro atoms. The average molecular weight is 719 g/mol. The van der Waals surface area contributed by atoms with E-state index in [9.17, 15) is 26.7 Å². The van der Waals surface area contributed by atoms with Crippen LogP contribution in [0.4, 0.5) is 17.6 Å². The summed E-state index contributed by atoms with van der Waals surface area (Å²) in [6.07, 6.45) is -0.349. The number of fused-ring (bicyclic) bond motifs is 4. The normalized spacial score (nSPS) is 36.3. The van der Waals surface area contributed by atoms with Crippen LogP contribution in [0.5, 0.6) is 0 Å². The summed E-state index contributed by atoms with van der Waals surface area (Å²) >= 11 is 0. The Kier molecular flexibility index (Phi) is 8.21. The number of benzene rings is 2. The highest BCUT2D eigenvalue weighted by Gasteiger charge is 2.74. The van der Waals surface area contributed by atoms with Crippen molar-refractivity contribution >= 4 is 9.84 Å². The summed E-state index contributed by atoms with van der Waals surface area (Å²) in [4.78, 5) is 0.229. The second-order valence-corrected chi connectivity index (χ2v) is 19.5. The van der Waals surface area contributed by atoms with Gasteiger partial charge in [0.05, 0.1) is 23.7 Å². The minimum absolute atomic E-state index is 0.0794. The van der Waals surface area contributed by atoms with Gasteiger partial charge in [0.2, 0.25) is 5.67 Å². The van der Waals surface area contributed by atoms with Gasteiger partial charge in [0.15, 0.2) is 15.6 Å². The molecule has 0 aromatic heterocycles. The monoisotopic (exact) mass is 718 g/mol. The van der Waals surface area contributed by atoms with Crippen molar-refractivity contribution in [3.8, 4) is 11.1 Å². The lowest BCUT2D eigenvalue weighted by Gasteiger charge is -2.60. The Morgan fingerprint density at radius 1 is 0.840 bits per heavy atom. The van der Waals surface area contributed by atoms with Crippen LogP contribution in [0.2, 0.25) is 0 Å². The summed E-state index contributed by atoms with van der Waals surface area (Å²) in [7, 11) is -3.34. The first-order chi connectivity index (χ1) is 23.1. The Labute approximate surface area is 293 Å². The highest BCUT2D eigenvalue weighted by atomic mass is 32.2. The summed E-state index contributed by atoms with van der Waals surface area (Å²) < 4.78 is 96.6. The van der Waals surface area contributed by atoms with Gasteiger partial charge < -0.3 is 14.6 Å². The van der Waals surface area contributed by atoms with E-state index >= 15 is 4.39 Å². The number of ether oxygens (including phenoxy) is 2. The zero-order valence-electron chi connectivity index (χ0n) is 29.9. The van der Waals surface area contributed by atoms with Crippen LogP contribution < -0.4 is 0 Å². The topological polar surface area (TPSA) is 72.8 Å². The maximum Gasteiger partial charge on any atom is 0.422 e. The Morgan fingerprint density at radius 2 is 1.42 bits per heavy atom. The second kappa shape index (κ2) is 11.4. The minimum atomic E-state index is -5.01. The summed E-state index contributed by atoms with van der Waals surface area (Å²) in [6.45, 7) is 9.38. The number of aliphatic hydroxyl groups is 1. The molecule has 5 aliphatic rings. The molecule has 5 nitrogen and oxygen atoms in total. The van der Waals surface area contributed by atoms with Gasteiger partial charge in [0.25, 0.3) is 0 Å². The molecule has 2 aromatic carbocycles. The number of allylic oxidation sites excluding steroid dienone is 1. The van der Waals surface area contributed by atoms with Crippen molar-refractivity contribution in [1.29, 1.82) is 0 Å². The zero-order valence-corrected chi connectivity index (χ0v) is 30.7. The lowest BCUT2D eigenvalue weighted by atomic mass is 9.46. The summed E-state index contributed by atoms with van der Waals surface area (Å²) in [6, 6.07) is 14.6. The first-order valence-corrected chi connectivity index (χ1v) is 19.8. The largest absolute Gasteiger partial charge is 0.422 e. The van der Waals surface area contributed by atoms with Crippen molar-refractivity contribution in [3.63, 3.8) is 0 Å². The van der Waals surface area contributed by atoms with E-state index in [1.54, 1.807) is 24.3 Å². The van der Waals surface area contributed by atoms with E-state index in [0.29, 0.717) is 58.2 Å². The standard InChI is InChI=1S/C40H50F4O5S/c1-34(2)23-48-39(49-24-34)20-17-32-33-29(15-19-38(32,45)22-39)31-16-18-36(4,37(5,41)40(42,43)44)35(31,3)21-30(33)27-9-7-25(8-10-27)26-11-13-28(14-12-26)50(6,46)47/h7-14,29-31,45H,15-24H2,1-6H3/t29?,30-,31?,35+,36-,37?,38-/m1/s1. The van der Waals surface area contributed by atoms with E-state index in [4.69, 9.17) is 9.47 Å². The molecule has 50 heavy (non-hydrogen) atoms. The Hall–Kier alpha value is -2.27. The van der Waals surface area contributed by atoms with Crippen LogP contribution in [0.1, 0.15) is 97.5 Å². The summed E-state index contributed by atoms with van der Waals surface area (Å²) in [5, 5.41) is 12.5. The van der Waals surface area contributed by atoms with E-state index in [0.717, 1.165) is 34.8 Å². The van der Waals surface area contributed by atoms with Crippen LogP contribution in [-0.4, -0.2) is 56.2 Å². The van der Waals surface area contributed by atoms with Crippen molar-refractivity contribution in [1.82, 2.24) is 0 Å². The molecule has 1 N–H and O–H groups in total. The third-order valence-electron chi connectivity index (χ3n) is 14.0. The summed E-state index contributed by atoms with van der Waals surface area (Å²) in [5.74, 6) is -1.42. The van der Waals surface area contributed by atoms with E-state index in [1.165, 1.54) is 13.2 Å². The lowest BCUT2D eigenvalue weighted by molar-refractivity contribution is -0.322. The molecule has 0 amide bonds. The first kappa shape index (κ1) is 36.1. The fourth-order valence-electron chi connectivity index (χ4n) is 10.7. The molecule has 1 aliphatic heterocycles. The molecule has 1 heterocycles. The quantitative estimate of drug-likeness (QED) is 0.252. The highest BCUT2D eigenvalue weighted by Crippen LogP contribution is 2.74. The number of hydrogen-bond acceptors (Lipinski definition) is 5. The first-order valence-electron chi connectivity index (χ1n) is 17.9. The smallest absolute Gasteiger partial charge is 0.385 e. The number of sulfone groups is 1. The van der Waals surface area contributed by atoms with E-state index in [2.05, 4.69) is 13.8 Å². The molecular weight excluding hydrogens is 668 g/mol. The second-order valence-electron chi connectivity index (χ2n) is 17.5. The summed E-state index contributed by atoms with van der Waals surface area (Å²) in [5.41, 5.74) is -2.55. The van der Waals surface area contributed by atoms with Gasteiger partial charge in [-0.1, -0.05) is 69.7 Å². The van der Waals surface area contributed by atoms with Crippen LogP contribution in [0.3, 0.4) is 0 Å². The van der Waals surface area contributed by atoms with E-state index in [-0.39, 0.29) is 34.5 Å². The number of alkyl halides is 4. The molecule has 2 aromatic rings. The maximum absolute atomic E-state index is 16.3. The fraction of sp³-hybridized carbons (Fsp3) is 0.650. The van der Waals surface area contributed by atoms with Crippen molar-refractivity contribution in [2.75, 3.05) is 19.5 Å². The molecule has 4 aliphatic carbocycles. The van der Waals surface area contributed by atoms with Crippen molar-refractivity contribution in [2.45, 2.75) is 120 Å². The Balaban J connectivity index is 1.31. The SMILES string of the molecule is CC1(C)COC2(CCC3=C4C(CC[C@@]3(O)C2)C2CC[C@@](C)(C(C)(F)C(F)(F)F)[C@@]2(C)C[C@@H]4c2ccc(-c3ccc(S(C)(=O)=O)cc3)cc2)OC1. The predicted molar refractivity (Wildman–Crippen MR) is 184 cm³/mol. The lowest BCUT2D eigenvalue weighted by Crippen LogP contribution is -2.61. The number of rotatable bonds is 4. The molecule has 7 atom stereocenters. The van der Waals surface area contributed by atoms with Crippen molar-refractivity contribution < 1.29 is 40.6 Å². The van der Waals surface area contributed by atoms with E-state index < -0.39 is 43.9 Å². The molecule has 3 unspecified atom stereocenters. The van der Waals surface area contributed by atoms with Crippen LogP contribution in [-0.2, 0) is 19.3 Å². The predicted octanol–water partition coefficient (Wildman–Crippen LogP) is 9.35.